The van der Waals surface area contributed by atoms with Gasteiger partial charge in [0, 0.05) is 6.04 Å². The summed E-state index contributed by atoms with van der Waals surface area (Å²) < 4.78 is 0. The first kappa shape index (κ1) is 13.2. The van der Waals surface area contributed by atoms with Crippen molar-refractivity contribution in [3.05, 3.63) is 35.9 Å². The molecule has 1 rings (SSSR count). The van der Waals surface area contributed by atoms with Crippen LogP contribution >= 0.6 is 0 Å². The highest BCUT2D eigenvalue weighted by atomic mass is 15.1. The van der Waals surface area contributed by atoms with E-state index in [1.165, 1.54) is 18.4 Å². The fraction of sp³-hybridized carbons (Fsp3) is 0.571. The summed E-state index contributed by atoms with van der Waals surface area (Å²) in [5, 5.41) is 0. The Bertz CT molecular complexity index is 271. The van der Waals surface area contributed by atoms with E-state index in [-0.39, 0.29) is 0 Å². The number of hydrogen-bond acceptors (Lipinski definition) is 2. The Morgan fingerprint density at radius 2 is 1.81 bits per heavy atom. The van der Waals surface area contributed by atoms with Crippen molar-refractivity contribution in [2.45, 2.75) is 32.2 Å². The molecule has 0 aliphatic carbocycles. The zero-order chi connectivity index (χ0) is 11.8. The lowest BCUT2D eigenvalue weighted by atomic mass is 10.1. The second kappa shape index (κ2) is 7.42. The van der Waals surface area contributed by atoms with E-state index in [4.69, 9.17) is 5.73 Å². The highest BCUT2D eigenvalue weighted by molar-refractivity contribution is 5.18. The summed E-state index contributed by atoms with van der Waals surface area (Å²) in [5.74, 6) is 0. The highest BCUT2D eigenvalue weighted by Gasteiger charge is 2.09. The smallest absolute Gasteiger partial charge is 0.0316 e. The maximum atomic E-state index is 5.48. The van der Waals surface area contributed by atoms with Crippen molar-refractivity contribution in [1.82, 2.24) is 4.90 Å². The molecule has 2 nitrogen and oxygen atoms in total. The fourth-order valence-electron chi connectivity index (χ4n) is 1.86. The van der Waals surface area contributed by atoms with Crippen LogP contribution in [0.1, 0.15) is 37.8 Å². The number of nitrogens with zero attached hydrogens (tertiary/aromatic N) is 1. The van der Waals surface area contributed by atoms with Gasteiger partial charge in [0.1, 0.15) is 0 Å². The van der Waals surface area contributed by atoms with Crippen LogP contribution in [0.2, 0.25) is 0 Å². The van der Waals surface area contributed by atoms with Gasteiger partial charge < -0.3 is 5.73 Å². The molecule has 0 radical (unpaired) electrons. The third-order valence-corrected chi connectivity index (χ3v) is 3.16. The lowest BCUT2D eigenvalue weighted by Gasteiger charge is -2.25. The lowest BCUT2D eigenvalue weighted by molar-refractivity contribution is 0.255. The van der Waals surface area contributed by atoms with Gasteiger partial charge in [-0.05, 0) is 45.5 Å². The summed E-state index contributed by atoms with van der Waals surface area (Å²) in [6.45, 7) is 4.23. The lowest BCUT2D eigenvalue weighted by Crippen LogP contribution is -2.23. The monoisotopic (exact) mass is 220 g/mol. The first-order valence-corrected chi connectivity index (χ1v) is 6.21. The predicted octanol–water partition coefficient (Wildman–Crippen LogP) is 2.81. The Morgan fingerprint density at radius 1 is 1.12 bits per heavy atom. The first-order chi connectivity index (χ1) is 7.75. The maximum Gasteiger partial charge on any atom is 0.0316 e. The molecule has 0 bridgehead atoms. The van der Waals surface area contributed by atoms with Crippen LogP contribution in [0.15, 0.2) is 30.3 Å². The molecule has 1 atom stereocenters. The van der Waals surface area contributed by atoms with Crippen molar-refractivity contribution < 1.29 is 0 Å². The van der Waals surface area contributed by atoms with Crippen LogP contribution in [-0.2, 0) is 0 Å². The number of benzene rings is 1. The van der Waals surface area contributed by atoms with Crippen molar-refractivity contribution >= 4 is 0 Å². The van der Waals surface area contributed by atoms with E-state index in [0.29, 0.717) is 6.04 Å². The van der Waals surface area contributed by atoms with Crippen LogP contribution in [0.3, 0.4) is 0 Å². The maximum absolute atomic E-state index is 5.48. The van der Waals surface area contributed by atoms with E-state index >= 15 is 0 Å². The van der Waals surface area contributed by atoms with Crippen LogP contribution < -0.4 is 5.73 Å². The Balaban J connectivity index is 2.33. The number of unbranched alkanes of at least 4 members (excludes halogenated alkanes) is 2. The van der Waals surface area contributed by atoms with Gasteiger partial charge in [0.05, 0.1) is 0 Å². The molecule has 1 unspecified atom stereocenters. The molecule has 1 aromatic rings. The Morgan fingerprint density at radius 3 is 2.44 bits per heavy atom. The molecule has 90 valence electrons. The van der Waals surface area contributed by atoms with Crippen LogP contribution in [0.5, 0.6) is 0 Å². The zero-order valence-electron chi connectivity index (χ0n) is 10.5. The molecule has 2 heteroatoms. The summed E-state index contributed by atoms with van der Waals surface area (Å²) in [6.07, 6.45) is 3.63. The van der Waals surface area contributed by atoms with Crippen LogP contribution in [-0.4, -0.2) is 25.0 Å². The molecule has 0 saturated heterocycles. The molecular formula is C14H24N2. The summed E-state index contributed by atoms with van der Waals surface area (Å²) in [6, 6.07) is 11.2. The molecule has 0 heterocycles. The van der Waals surface area contributed by atoms with E-state index in [1.54, 1.807) is 0 Å². The van der Waals surface area contributed by atoms with E-state index in [1.807, 2.05) is 0 Å². The number of hydrogen-bond donors (Lipinski definition) is 1. The quantitative estimate of drug-likeness (QED) is 0.716. The Labute approximate surface area is 99.5 Å². The zero-order valence-corrected chi connectivity index (χ0v) is 10.5. The summed E-state index contributed by atoms with van der Waals surface area (Å²) in [4.78, 5) is 2.41. The van der Waals surface area contributed by atoms with Crippen molar-refractivity contribution in [3.8, 4) is 0 Å². The molecule has 0 amide bonds. The number of nitrogens with two attached hydrogens (primary N) is 1. The molecule has 0 aliphatic heterocycles. The largest absolute Gasteiger partial charge is 0.330 e. The summed E-state index contributed by atoms with van der Waals surface area (Å²) in [7, 11) is 2.19. The van der Waals surface area contributed by atoms with Crippen LogP contribution in [0.25, 0.3) is 0 Å². The molecule has 0 fully saturated rings. The topological polar surface area (TPSA) is 29.3 Å². The normalized spacial score (nSPS) is 13.0. The fourth-order valence-corrected chi connectivity index (χ4v) is 1.86. The average molecular weight is 220 g/mol. The molecule has 1 aromatic carbocycles. The standard InChI is InChI=1S/C14H24N2/c1-13(14-9-5-3-6-10-14)16(2)12-8-4-7-11-15/h3,5-6,9-10,13H,4,7-8,11-12,15H2,1-2H3. The minimum absolute atomic E-state index is 0.499. The molecule has 2 N–H and O–H groups in total. The molecular weight excluding hydrogens is 196 g/mol. The van der Waals surface area contributed by atoms with Gasteiger partial charge in [0.2, 0.25) is 0 Å². The number of rotatable bonds is 7. The average Bonchev–Trinajstić information content (AvgIpc) is 2.34. The van der Waals surface area contributed by atoms with Crippen molar-refractivity contribution in [3.63, 3.8) is 0 Å². The van der Waals surface area contributed by atoms with Crippen molar-refractivity contribution in [2.24, 2.45) is 5.73 Å². The molecule has 0 aromatic heterocycles. The van der Waals surface area contributed by atoms with E-state index in [0.717, 1.165) is 19.5 Å². The SMILES string of the molecule is CC(c1ccccc1)N(C)CCCCCN. The van der Waals surface area contributed by atoms with E-state index in [2.05, 4.69) is 49.2 Å². The minimum atomic E-state index is 0.499. The second-order valence-corrected chi connectivity index (χ2v) is 4.42. The second-order valence-electron chi connectivity index (χ2n) is 4.42. The van der Waals surface area contributed by atoms with Gasteiger partial charge in [-0.3, -0.25) is 4.90 Å². The minimum Gasteiger partial charge on any atom is -0.330 e. The molecule has 0 spiro atoms. The van der Waals surface area contributed by atoms with Gasteiger partial charge in [-0.15, -0.1) is 0 Å². The van der Waals surface area contributed by atoms with Crippen molar-refractivity contribution in [1.29, 1.82) is 0 Å². The van der Waals surface area contributed by atoms with Gasteiger partial charge in [0.15, 0.2) is 0 Å². The van der Waals surface area contributed by atoms with E-state index < -0.39 is 0 Å². The van der Waals surface area contributed by atoms with Crippen molar-refractivity contribution in [2.75, 3.05) is 20.1 Å². The van der Waals surface area contributed by atoms with Crippen LogP contribution in [0, 0.1) is 0 Å². The van der Waals surface area contributed by atoms with Gasteiger partial charge in [-0.25, -0.2) is 0 Å². The van der Waals surface area contributed by atoms with Gasteiger partial charge in [0.25, 0.3) is 0 Å². The Hall–Kier alpha value is -0.860. The molecule has 16 heavy (non-hydrogen) atoms. The predicted molar refractivity (Wildman–Crippen MR) is 70.4 cm³/mol. The van der Waals surface area contributed by atoms with Gasteiger partial charge in [-0.2, -0.15) is 0 Å². The van der Waals surface area contributed by atoms with Gasteiger partial charge in [-0.1, -0.05) is 36.8 Å². The van der Waals surface area contributed by atoms with Crippen LogP contribution in [0.4, 0.5) is 0 Å². The first-order valence-electron chi connectivity index (χ1n) is 6.21. The van der Waals surface area contributed by atoms with Gasteiger partial charge >= 0.3 is 0 Å². The summed E-state index contributed by atoms with van der Waals surface area (Å²) in [5.41, 5.74) is 6.88. The Kier molecular flexibility index (Phi) is 6.12. The highest BCUT2D eigenvalue weighted by Crippen LogP contribution is 2.18. The third kappa shape index (κ3) is 4.33. The third-order valence-electron chi connectivity index (χ3n) is 3.16. The van der Waals surface area contributed by atoms with E-state index in [9.17, 15) is 0 Å². The molecule has 0 saturated carbocycles. The molecule has 0 aliphatic rings. The summed E-state index contributed by atoms with van der Waals surface area (Å²) >= 11 is 0.